The molecule has 0 aliphatic carbocycles. The lowest BCUT2D eigenvalue weighted by atomic mass is 10.3. The number of hydrogen-bond acceptors (Lipinski definition) is 7. The second kappa shape index (κ2) is 10.6. The maximum atomic E-state index is 12.6. The number of carbonyl (C=O) groups excluding carboxylic acids is 1. The molecular weight excluding hydrogens is 464 g/mol. The molecule has 0 N–H and O–H groups in total. The zero-order chi connectivity index (χ0) is 24.0. The van der Waals surface area contributed by atoms with Crippen LogP contribution in [0.25, 0.3) is 10.2 Å². The first-order valence-corrected chi connectivity index (χ1v) is 12.4. The van der Waals surface area contributed by atoms with Gasteiger partial charge in [0.2, 0.25) is 5.91 Å². The van der Waals surface area contributed by atoms with E-state index in [1.165, 1.54) is 30.6 Å². The molecule has 2 aromatic carbocycles. The Labute approximate surface area is 196 Å². The highest BCUT2D eigenvalue weighted by molar-refractivity contribution is 7.91. The lowest BCUT2D eigenvalue weighted by Crippen LogP contribution is -2.17. The van der Waals surface area contributed by atoms with Crippen molar-refractivity contribution in [1.82, 2.24) is 4.57 Å². The van der Waals surface area contributed by atoms with Gasteiger partial charge >= 0.3 is 0 Å². The highest BCUT2D eigenvalue weighted by Crippen LogP contribution is 2.35. The predicted octanol–water partition coefficient (Wildman–Crippen LogP) is 3.04. The van der Waals surface area contributed by atoms with Crippen LogP contribution in [0.5, 0.6) is 17.2 Å². The molecule has 1 aromatic heterocycles. The fourth-order valence-corrected chi connectivity index (χ4v) is 5.72. The van der Waals surface area contributed by atoms with Crippen LogP contribution >= 0.6 is 11.3 Å². The summed E-state index contributed by atoms with van der Waals surface area (Å²) in [6, 6.07) is 9.68. The number of amides is 1. The molecular formula is C23H24N2O6S2. The molecule has 0 atom stereocenters. The van der Waals surface area contributed by atoms with Gasteiger partial charge in [-0.2, -0.15) is 4.99 Å². The molecule has 0 aliphatic rings. The minimum Gasteiger partial charge on any atom is -0.497 e. The van der Waals surface area contributed by atoms with E-state index in [0.717, 1.165) is 4.70 Å². The summed E-state index contributed by atoms with van der Waals surface area (Å²) < 4.78 is 43.5. The fourth-order valence-electron chi connectivity index (χ4n) is 3.25. The number of fused-ring (bicyclic) bond motifs is 1. The van der Waals surface area contributed by atoms with Crippen LogP contribution in [0.1, 0.15) is 12.8 Å². The van der Waals surface area contributed by atoms with E-state index in [2.05, 4.69) is 10.9 Å². The first kappa shape index (κ1) is 24.4. The molecule has 1 amide bonds. The van der Waals surface area contributed by atoms with Crippen molar-refractivity contribution < 1.29 is 27.4 Å². The molecule has 0 bridgehead atoms. The molecule has 1 heterocycles. The highest BCUT2D eigenvalue weighted by atomic mass is 32.2. The van der Waals surface area contributed by atoms with E-state index < -0.39 is 15.7 Å². The number of methoxy groups -OCH3 is 3. The lowest BCUT2D eigenvalue weighted by molar-refractivity contribution is -0.118. The number of ether oxygens (including phenoxy) is 3. The summed E-state index contributed by atoms with van der Waals surface area (Å²) >= 11 is 1.26. The van der Waals surface area contributed by atoms with Gasteiger partial charge in [0.1, 0.15) is 27.5 Å². The van der Waals surface area contributed by atoms with Crippen LogP contribution in [-0.2, 0) is 21.2 Å². The van der Waals surface area contributed by atoms with Crippen molar-refractivity contribution in [3.63, 3.8) is 0 Å². The largest absolute Gasteiger partial charge is 0.497 e. The number of sulfone groups is 1. The van der Waals surface area contributed by atoms with Crippen molar-refractivity contribution in [3.8, 4) is 29.6 Å². The molecule has 0 spiro atoms. The third kappa shape index (κ3) is 5.38. The molecule has 0 saturated heterocycles. The molecule has 3 aromatic rings. The number of rotatable bonds is 9. The number of thiazole rings is 1. The quantitative estimate of drug-likeness (QED) is 0.430. The molecule has 8 nitrogen and oxygen atoms in total. The van der Waals surface area contributed by atoms with Gasteiger partial charge in [-0.05, 0) is 42.8 Å². The van der Waals surface area contributed by atoms with Gasteiger partial charge in [-0.1, -0.05) is 17.3 Å². The summed E-state index contributed by atoms with van der Waals surface area (Å²) in [4.78, 5) is 17.3. The standard InChI is InChI=1S/C23H24N2O6S2/c1-5-14-25-21-18(30-3)12-13-19(31-4)22(21)32-23(25)24-20(26)7-6-15-33(27,28)17-10-8-16(29-2)9-11-17/h1,8-13H,6-7,14-15H2,2-4H3. The van der Waals surface area contributed by atoms with E-state index in [-0.39, 0.29) is 30.0 Å². The fraction of sp³-hybridized carbons (Fsp3) is 0.304. The Bertz CT molecular complexity index is 1360. The Hall–Kier alpha value is -3.29. The van der Waals surface area contributed by atoms with Crippen LogP contribution in [0.4, 0.5) is 0 Å². The summed E-state index contributed by atoms with van der Waals surface area (Å²) in [7, 11) is 1.09. The van der Waals surface area contributed by atoms with E-state index in [9.17, 15) is 13.2 Å². The van der Waals surface area contributed by atoms with Crippen LogP contribution in [-0.4, -0.2) is 46.0 Å². The Morgan fingerprint density at radius 2 is 1.73 bits per heavy atom. The average molecular weight is 489 g/mol. The van der Waals surface area contributed by atoms with Crippen LogP contribution in [0.3, 0.4) is 0 Å². The number of nitrogens with zero attached hydrogens (tertiary/aromatic N) is 2. The van der Waals surface area contributed by atoms with Gasteiger partial charge in [-0.25, -0.2) is 8.42 Å². The van der Waals surface area contributed by atoms with Crippen LogP contribution in [0.2, 0.25) is 0 Å². The van der Waals surface area contributed by atoms with Crippen molar-refractivity contribution >= 4 is 37.3 Å². The summed E-state index contributed by atoms with van der Waals surface area (Å²) in [5.74, 6) is 3.73. The Balaban J connectivity index is 1.83. The van der Waals surface area contributed by atoms with Gasteiger partial charge in [0, 0.05) is 6.42 Å². The van der Waals surface area contributed by atoms with Crippen molar-refractivity contribution in [1.29, 1.82) is 0 Å². The number of hydrogen-bond donors (Lipinski definition) is 0. The molecule has 0 fully saturated rings. The van der Waals surface area contributed by atoms with E-state index in [4.69, 9.17) is 20.6 Å². The van der Waals surface area contributed by atoms with Crippen LogP contribution in [0, 0.1) is 12.3 Å². The molecule has 0 radical (unpaired) electrons. The van der Waals surface area contributed by atoms with Gasteiger partial charge in [-0.15, -0.1) is 6.42 Å². The maximum Gasteiger partial charge on any atom is 0.248 e. The summed E-state index contributed by atoms with van der Waals surface area (Å²) in [5.41, 5.74) is 0.688. The van der Waals surface area contributed by atoms with E-state index >= 15 is 0 Å². The SMILES string of the molecule is C#CCn1c(=NC(=O)CCCS(=O)(=O)c2ccc(OC)cc2)sc2c(OC)ccc(OC)c21. The first-order chi connectivity index (χ1) is 15.8. The van der Waals surface area contributed by atoms with E-state index in [1.54, 1.807) is 43.1 Å². The normalized spacial score (nSPS) is 11.9. The van der Waals surface area contributed by atoms with E-state index in [1.807, 2.05) is 0 Å². The van der Waals surface area contributed by atoms with Crippen LogP contribution in [0.15, 0.2) is 46.3 Å². The third-order valence-corrected chi connectivity index (χ3v) is 7.79. The predicted molar refractivity (Wildman–Crippen MR) is 127 cm³/mol. The molecule has 0 saturated carbocycles. The smallest absolute Gasteiger partial charge is 0.248 e. The van der Waals surface area contributed by atoms with Crippen molar-refractivity contribution in [3.05, 3.63) is 41.2 Å². The Kier molecular flexibility index (Phi) is 7.79. The van der Waals surface area contributed by atoms with Gasteiger partial charge in [0.25, 0.3) is 0 Å². The average Bonchev–Trinajstić information content (AvgIpc) is 3.16. The van der Waals surface area contributed by atoms with Gasteiger partial charge < -0.3 is 18.8 Å². The minimum absolute atomic E-state index is 0.0199. The zero-order valence-corrected chi connectivity index (χ0v) is 20.2. The molecule has 0 unspecified atom stereocenters. The van der Waals surface area contributed by atoms with Gasteiger partial charge in [0.05, 0.1) is 38.5 Å². The number of carbonyl (C=O) groups is 1. The summed E-state index contributed by atoms with van der Waals surface area (Å²) in [5, 5.41) is 0. The molecule has 0 aliphatic heterocycles. The first-order valence-electron chi connectivity index (χ1n) is 9.96. The molecule has 174 valence electrons. The topological polar surface area (TPSA) is 96.2 Å². The molecule has 33 heavy (non-hydrogen) atoms. The summed E-state index contributed by atoms with van der Waals surface area (Å²) in [6.07, 6.45) is 5.66. The maximum absolute atomic E-state index is 12.6. The minimum atomic E-state index is -3.52. The van der Waals surface area contributed by atoms with Crippen molar-refractivity contribution in [2.24, 2.45) is 4.99 Å². The van der Waals surface area contributed by atoms with Crippen molar-refractivity contribution in [2.45, 2.75) is 24.3 Å². The zero-order valence-electron chi connectivity index (χ0n) is 18.5. The highest BCUT2D eigenvalue weighted by Gasteiger charge is 2.17. The number of terminal acetylenes is 1. The second-order valence-electron chi connectivity index (χ2n) is 6.93. The number of benzene rings is 2. The monoisotopic (exact) mass is 488 g/mol. The van der Waals surface area contributed by atoms with E-state index in [0.29, 0.717) is 27.6 Å². The second-order valence-corrected chi connectivity index (χ2v) is 10.0. The summed E-state index contributed by atoms with van der Waals surface area (Å²) in [6.45, 7) is 0.182. The molecule has 10 heteroatoms. The van der Waals surface area contributed by atoms with Crippen LogP contribution < -0.4 is 19.0 Å². The van der Waals surface area contributed by atoms with Gasteiger partial charge in [-0.3, -0.25) is 4.79 Å². The van der Waals surface area contributed by atoms with Gasteiger partial charge in [0.15, 0.2) is 14.6 Å². The Morgan fingerprint density at radius 3 is 2.33 bits per heavy atom. The third-order valence-electron chi connectivity index (χ3n) is 4.88. The molecule has 3 rings (SSSR count). The Morgan fingerprint density at radius 1 is 1.06 bits per heavy atom. The van der Waals surface area contributed by atoms with Crippen molar-refractivity contribution in [2.75, 3.05) is 27.1 Å². The lowest BCUT2D eigenvalue weighted by Gasteiger charge is -2.08. The number of aromatic nitrogens is 1.